The van der Waals surface area contributed by atoms with Crippen molar-refractivity contribution >= 4 is 0 Å². The molecule has 1 fully saturated rings. The van der Waals surface area contributed by atoms with Crippen molar-refractivity contribution in [1.29, 1.82) is 0 Å². The summed E-state index contributed by atoms with van der Waals surface area (Å²) in [6.45, 7) is 0.608. The van der Waals surface area contributed by atoms with Gasteiger partial charge < -0.3 is 10.5 Å². The summed E-state index contributed by atoms with van der Waals surface area (Å²) in [5.74, 6) is -1.10. The molecule has 4 aromatic rings. The predicted octanol–water partition coefficient (Wildman–Crippen LogP) is 4.33. The Kier molecular flexibility index (Phi) is 7.99. The number of hydrogen-bond donors (Lipinski definition) is 1. The molecule has 0 aliphatic carbocycles. The van der Waals surface area contributed by atoms with Crippen molar-refractivity contribution < 1.29 is 22.3 Å². The molecule has 2 aliphatic rings. The SMILES string of the molecule is NC(Cn1c(=O)c2c(n(Cc3c(F)cccc3C(F)(F)F)c1=O)COC21CCN(Cc2ccccn2)CC1)c1ccccc1. The summed E-state index contributed by atoms with van der Waals surface area (Å²) >= 11 is 0. The van der Waals surface area contributed by atoms with Crippen molar-refractivity contribution in [1.82, 2.24) is 19.0 Å². The fraction of sp³-hybridized carbons (Fsp3) is 0.344. The maximum atomic E-state index is 15.0. The zero-order chi connectivity index (χ0) is 31.1. The minimum atomic E-state index is -4.85. The van der Waals surface area contributed by atoms with Gasteiger partial charge >= 0.3 is 11.9 Å². The number of nitrogens with zero attached hydrogens (tertiary/aromatic N) is 4. The zero-order valence-electron chi connectivity index (χ0n) is 23.8. The lowest BCUT2D eigenvalue weighted by atomic mass is 9.85. The number of halogens is 4. The Morgan fingerprint density at radius 2 is 1.66 bits per heavy atom. The highest BCUT2D eigenvalue weighted by molar-refractivity contribution is 5.35. The molecule has 2 aromatic carbocycles. The van der Waals surface area contributed by atoms with Crippen molar-refractivity contribution in [2.45, 2.75) is 56.9 Å². The second-order valence-corrected chi connectivity index (χ2v) is 11.3. The van der Waals surface area contributed by atoms with Gasteiger partial charge in [0.2, 0.25) is 0 Å². The average molecular weight is 610 g/mol. The predicted molar refractivity (Wildman–Crippen MR) is 154 cm³/mol. The van der Waals surface area contributed by atoms with Gasteiger partial charge in [-0.2, -0.15) is 13.2 Å². The van der Waals surface area contributed by atoms with Gasteiger partial charge in [-0.1, -0.05) is 42.5 Å². The highest BCUT2D eigenvalue weighted by Crippen LogP contribution is 2.43. The number of aromatic nitrogens is 3. The van der Waals surface area contributed by atoms with Gasteiger partial charge in [-0.25, -0.2) is 9.18 Å². The van der Waals surface area contributed by atoms with Crippen LogP contribution in [-0.4, -0.2) is 32.1 Å². The first-order chi connectivity index (χ1) is 21.1. The number of alkyl halides is 3. The Balaban J connectivity index is 1.43. The van der Waals surface area contributed by atoms with E-state index in [1.54, 1.807) is 36.5 Å². The molecule has 0 saturated carbocycles. The third kappa shape index (κ3) is 5.60. The van der Waals surface area contributed by atoms with E-state index in [0.29, 0.717) is 38.0 Å². The molecule has 230 valence electrons. The minimum Gasteiger partial charge on any atom is -0.364 e. The van der Waals surface area contributed by atoms with Crippen LogP contribution in [0.15, 0.2) is 82.5 Å². The largest absolute Gasteiger partial charge is 0.416 e. The van der Waals surface area contributed by atoms with Gasteiger partial charge in [0.05, 0.1) is 42.2 Å². The van der Waals surface area contributed by atoms with Gasteiger partial charge in [0.15, 0.2) is 0 Å². The van der Waals surface area contributed by atoms with Crippen LogP contribution in [0.4, 0.5) is 17.6 Å². The number of rotatable bonds is 7. The molecule has 2 aromatic heterocycles. The first-order valence-corrected chi connectivity index (χ1v) is 14.4. The number of pyridine rings is 1. The summed E-state index contributed by atoms with van der Waals surface area (Å²) in [7, 11) is 0. The molecule has 0 amide bonds. The molecule has 4 heterocycles. The second kappa shape index (κ2) is 11.8. The topological polar surface area (TPSA) is 95.4 Å². The van der Waals surface area contributed by atoms with E-state index < -0.39 is 52.6 Å². The molecule has 1 unspecified atom stereocenters. The molecule has 0 bridgehead atoms. The fourth-order valence-corrected chi connectivity index (χ4v) is 6.28. The van der Waals surface area contributed by atoms with Crippen LogP contribution in [0.3, 0.4) is 0 Å². The molecule has 1 saturated heterocycles. The van der Waals surface area contributed by atoms with Crippen LogP contribution in [0.5, 0.6) is 0 Å². The quantitative estimate of drug-likeness (QED) is 0.314. The second-order valence-electron chi connectivity index (χ2n) is 11.3. The summed E-state index contributed by atoms with van der Waals surface area (Å²) in [6, 6.07) is 16.5. The van der Waals surface area contributed by atoms with E-state index in [-0.39, 0.29) is 24.4 Å². The molecular weight excluding hydrogens is 578 g/mol. The number of benzene rings is 2. The van der Waals surface area contributed by atoms with E-state index in [2.05, 4.69) is 9.88 Å². The van der Waals surface area contributed by atoms with E-state index in [4.69, 9.17) is 10.5 Å². The first kappa shape index (κ1) is 29.9. The maximum Gasteiger partial charge on any atom is 0.416 e. The van der Waals surface area contributed by atoms with E-state index >= 15 is 0 Å². The summed E-state index contributed by atoms with van der Waals surface area (Å²) < 4.78 is 65.1. The van der Waals surface area contributed by atoms with E-state index in [9.17, 15) is 27.2 Å². The summed E-state index contributed by atoms with van der Waals surface area (Å²) in [6.07, 6.45) is -2.30. The molecular formula is C32H31F4N5O3. The van der Waals surface area contributed by atoms with Gasteiger partial charge in [-0.05, 0) is 42.7 Å². The molecule has 44 heavy (non-hydrogen) atoms. The van der Waals surface area contributed by atoms with Crippen LogP contribution in [0.2, 0.25) is 0 Å². The highest BCUT2D eigenvalue weighted by Gasteiger charge is 2.47. The number of hydrogen-bond acceptors (Lipinski definition) is 6. The third-order valence-electron chi connectivity index (χ3n) is 8.60. The Labute approximate surface area is 250 Å². The molecule has 2 aliphatic heterocycles. The minimum absolute atomic E-state index is 0.165. The lowest BCUT2D eigenvalue weighted by Crippen LogP contribution is -2.49. The van der Waals surface area contributed by atoms with Crippen LogP contribution >= 0.6 is 0 Å². The van der Waals surface area contributed by atoms with Gasteiger partial charge in [0.1, 0.15) is 11.4 Å². The maximum absolute atomic E-state index is 15.0. The number of ether oxygens (including phenoxy) is 1. The Morgan fingerprint density at radius 3 is 2.34 bits per heavy atom. The number of likely N-dealkylation sites (tertiary alicyclic amines) is 1. The van der Waals surface area contributed by atoms with Gasteiger partial charge in [-0.15, -0.1) is 0 Å². The molecule has 12 heteroatoms. The molecule has 6 rings (SSSR count). The smallest absolute Gasteiger partial charge is 0.364 e. The highest BCUT2D eigenvalue weighted by atomic mass is 19.4. The first-order valence-electron chi connectivity index (χ1n) is 14.4. The molecule has 1 spiro atoms. The lowest BCUT2D eigenvalue weighted by molar-refractivity contribution is -0.138. The van der Waals surface area contributed by atoms with Crippen molar-refractivity contribution in [3.8, 4) is 0 Å². The van der Waals surface area contributed by atoms with Crippen molar-refractivity contribution in [3.63, 3.8) is 0 Å². The Bertz CT molecular complexity index is 1770. The van der Waals surface area contributed by atoms with Crippen LogP contribution in [0.1, 0.15) is 52.5 Å². The van der Waals surface area contributed by atoms with E-state index in [1.807, 2.05) is 18.2 Å². The monoisotopic (exact) mass is 609 g/mol. The molecule has 8 nitrogen and oxygen atoms in total. The van der Waals surface area contributed by atoms with Gasteiger partial charge in [0.25, 0.3) is 5.56 Å². The summed E-state index contributed by atoms with van der Waals surface area (Å²) in [4.78, 5) is 34.6. The van der Waals surface area contributed by atoms with Gasteiger partial charge in [-0.3, -0.25) is 23.8 Å². The average Bonchev–Trinajstić information content (AvgIpc) is 3.38. The van der Waals surface area contributed by atoms with E-state index in [0.717, 1.165) is 33.0 Å². The standard InChI is InChI=1S/C32H31F4N5O3/c33-25-11-6-10-24(32(34,35)36)23(25)18-40-27-20-44-31(12-15-39(16-13-31)17-22-9-4-5-14-38-22)28(27)29(42)41(30(40)43)19-26(37)21-7-2-1-3-8-21/h1-11,14,26H,12-13,15-20,37H2. The number of fused-ring (bicyclic) bond motifs is 2. The zero-order valence-corrected chi connectivity index (χ0v) is 23.8. The normalized spacial score (nSPS) is 17.1. The lowest BCUT2D eigenvalue weighted by Gasteiger charge is -2.38. The number of piperidine rings is 1. The Hall–Kier alpha value is -4.13. The van der Waals surface area contributed by atoms with Crippen LogP contribution in [0.25, 0.3) is 0 Å². The summed E-state index contributed by atoms with van der Waals surface area (Å²) in [5, 5.41) is 0. The van der Waals surface area contributed by atoms with Crippen LogP contribution in [0, 0.1) is 5.82 Å². The third-order valence-corrected chi connectivity index (χ3v) is 8.60. The summed E-state index contributed by atoms with van der Waals surface area (Å²) in [5.41, 5.74) is 3.99. The van der Waals surface area contributed by atoms with Crippen molar-refractivity contribution in [2.75, 3.05) is 13.1 Å². The fourth-order valence-electron chi connectivity index (χ4n) is 6.28. The Morgan fingerprint density at radius 1 is 0.932 bits per heavy atom. The van der Waals surface area contributed by atoms with Crippen molar-refractivity contribution in [3.05, 3.63) is 133 Å². The van der Waals surface area contributed by atoms with Crippen LogP contribution in [-0.2, 0) is 42.8 Å². The molecule has 2 N–H and O–H groups in total. The van der Waals surface area contributed by atoms with Crippen LogP contribution < -0.4 is 17.0 Å². The van der Waals surface area contributed by atoms with E-state index in [1.165, 1.54) is 0 Å². The van der Waals surface area contributed by atoms with Crippen molar-refractivity contribution in [2.24, 2.45) is 5.73 Å². The molecule has 0 radical (unpaired) electrons. The van der Waals surface area contributed by atoms with Gasteiger partial charge in [0, 0.05) is 37.4 Å². The number of nitrogens with two attached hydrogens (primary N) is 1. The molecule has 1 atom stereocenters.